The van der Waals surface area contributed by atoms with Gasteiger partial charge in [-0.25, -0.2) is 14.8 Å². The normalized spacial score (nSPS) is 17.6. The molecule has 2 aromatic rings. The number of carbonyl (C=O) groups is 1. The number of anilines is 1. The third kappa shape index (κ3) is 4.90. The van der Waals surface area contributed by atoms with Crippen molar-refractivity contribution in [3.05, 3.63) is 53.5 Å². The molecule has 0 N–H and O–H groups in total. The Kier molecular flexibility index (Phi) is 5.90. The Hall–Kier alpha value is -2.67. The molecule has 0 aliphatic carbocycles. The molecule has 2 aliphatic heterocycles. The highest BCUT2D eigenvalue weighted by Crippen LogP contribution is 2.27. The van der Waals surface area contributed by atoms with Crippen LogP contribution in [-0.4, -0.2) is 64.2 Å². The third-order valence-electron chi connectivity index (χ3n) is 5.54. The first-order valence-corrected chi connectivity index (χ1v) is 10.7. The van der Waals surface area contributed by atoms with Gasteiger partial charge in [0.05, 0.1) is 5.69 Å². The predicted molar refractivity (Wildman–Crippen MR) is 116 cm³/mol. The number of carbonyl (C=O) groups excluding carboxylic acids is 1. The number of hydrogen-bond acceptors (Lipinski definition) is 6. The smallest absolute Gasteiger partial charge is 0.410 e. The SMILES string of the molecule is CC(C)(C)OC(=O)N1CCN(c2ncnc3c2CCN(Cc2ccccc2)C3)CC1. The first kappa shape index (κ1) is 20.6. The van der Waals surface area contributed by atoms with Gasteiger partial charge in [-0.05, 0) is 32.8 Å². The summed E-state index contributed by atoms with van der Waals surface area (Å²) < 4.78 is 5.51. The van der Waals surface area contributed by atoms with E-state index in [9.17, 15) is 4.79 Å². The number of hydrogen-bond donors (Lipinski definition) is 0. The zero-order valence-electron chi connectivity index (χ0n) is 18.2. The summed E-state index contributed by atoms with van der Waals surface area (Å²) >= 11 is 0. The highest BCUT2D eigenvalue weighted by molar-refractivity contribution is 5.68. The minimum Gasteiger partial charge on any atom is -0.444 e. The van der Waals surface area contributed by atoms with E-state index in [2.05, 4.69) is 50.1 Å². The van der Waals surface area contributed by atoms with Crippen molar-refractivity contribution >= 4 is 11.9 Å². The van der Waals surface area contributed by atoms with E-state index in [1.165, 1.54) is 11.1 Å². The summed E-state index contributed by atoms with van der Waals surface area (Å²) in [7, 11) is 0. The summed E-state index contributed by atoms with van der Waals surface area (Å²) in [4.78, 5) is 28.0. The van der Waals surface area contributed by atoms with Gasteiger partial charge in [0.1, 0.15) is 17.7 Å². The molecule has 1 aromatic carbocycles. The van der Waals surface area contributed by atoms with E-state index < -0.39 is 5.60 Å². The van der Waals surface area contributed by atoms with Gasteiger partial charge in [0.15, 0.2) is 0 Å². The summed E-state index contributed by atoms with van der Waals surface area (Å²) in [5.41, 5.74) is 3.24. The average molecular weight is 410 g/mol. The Morgan fingerprint density at radius 2 is 1.77 bits per heavy atom. The molecular weight excluding hydrogens is 378 g/mol. The second kappa shape index (κ2) is 8.60. The predicted octanol–water partition coefficient (Wildman–Crippen LogP) is 3.09. The molecule has 1 aromatic heterocycles. The molecule has 1 saturated heterocycles. The van der Waals surface area contributed by atoms with Crippen molar-refractivity contribution < 1.29 is 9.53 Å². The molecule has 0 radical (unpaired) electrons. The van der Waals surface area contributed by atoms with Crippen LogP contribution in [0.4, 0.5) is 10.6 Å². The molecule has 7 nitrogen and oxygen atoms in total. The fourth-order valence-electron chi connectivity index (χ4n) is 4.07. The number of ether oxygens (including phenoxy) is 1. The molecule has 3 heterocycles. The van der Waals surface area contributed by atoms with Gasteiger partial charge in [-0.2, -0.15) is 0 Å². The summed E-state index contributed by atoms with van der Waals surface area (Å²) in [6.07, 6.45) is 2.40. The number of aromatic nitrogens is 2. The molecule has 1 amide bonds. The Bertz CT molecular complexity index is 873. The Morgan fingerprint density at radius 1 is 1.03 bits per heavy atom. The molecule has 30 heavy (non-hydrogen) atoms. The lowest BCUT2D eigenvalue weighted by Gasteiger charge is -2.38. The topological polar surface area (TPSA) is 61.8 Å². The minimum absolute atomic E-state index is 0.233. The number of piperazine rings is 1. The molecule has 0 saturated carbocycles. The molecule has 0 atom stereocenters. The number of fused-ring (bicyclic) bond motifs is 1. The average Bonchev–Trinajstić information content (AvgIpc) is 2.73. The summed E-state index contributed by atoms with van der Waals surface area (Å²) in [5.74, 6) is 1.03. The second-order valence-corrected chi connectivity index (χ2v) is 9.02. The van der Waals surface area contributed by atoms with E-state index in [1.807, 2.05) is 20.8 Å². The van der Waals surface area contributed by atoms with Crippen LogP contribution in [0.15, 0.2) is 36.7 Å². The van der Waals surface area contributed by atoms with Gasteiger partial charge in [-0.3, -0.25) is 4.90 Å². The van der Waals surface area contributed by atoms with Gasteiger partial charge in [0.25, 0.3) is 0 Å². The maximum atomic E-state index is 12.3. The van der Waals surface area contributed by atoms with Crippen LogP contribution in [0, 0.1) is 0 Å². The quantitative estimate of drug-likeness (QED) is 0.776. The zero-order valence-corrected chi connectivity index (χ0v) is 18.2. The van der Waals surface area contributed by atoms with E-state index in [0.717, 1.165) is 50.7 Å². The van der Waals surface area contributed by atoms with Crippen molar-refractivity contribution in [3.8, 4) is 0 Å². The van der Waals surface area contributed by atoms with Crippen molar-refractivity contribution in [2.45, 2.75) is 45.9 Å². The highest BCUT2D eigenvalue weighted by Gasteiger charge is 2.29. The van der Waals surface area contributed by atoms with Gasteiger partial charge in [-0.15, -0.1) is 0 Å². The largest absolute Gasteiger partial charge is 0.444 e. The van der Waals surface area contributed by atoms with E-state index in [0.29, 0.717) is 13.1 Å². The van der Waals surface area contributed by atoms with Gasteiger partial charge in [-0.1, -0.05) is 30.3 Å². The van der Waals surface area contributed by atoms with Crippen molar-refractivity contribution in [1.29, 1.82) is 0 Å². The first-order valence-electron chi connectivity index (χ1n) is 10.7. The first-order chi connectivity index (χ1) is 14.4. The molecule has 1 fully saturated rings. The molecule has 4 rings (SSSR count). The van der Waals surface area contributed by atoms with Crippen molar-refractivity contribution in [2.75, 3.05) is 37.6 Å². The van der Waals surface area contributed by atoms with E-state index in [-0.39, 0.29) is 6.09 Å². The summed E-state index contributed by atoms with van der Waals surface area (Å²) in [5, 5.41) is 0. The van der Waals surface area contributed by atoms with Gasteiger partial charge in [0, 0.05) is 51.4 Å². The third-order valence-corrected chi connectivity index (χ3v) is 5.54. The highest BCUT2D eigenvalue weighted by atomic mass is 16.6. The number of amides is 1. The molecule has 2 aliphatic rings. The summed E-state index contributed by atoms with van der Waals surface area (Å²) in [6, 6.07) is 10.6. The van der Waals surface area contributed by atoms with Crippen LogP contribution in [-0.2, 0) is 24.2 Å². The van der Waals surface area contributed by atoms with Crippen LogP contribution in [0.5, 0.6) is 0 Å². The monoisotopic (exact) mass is 409 g/mol. The number of benzene rings is 1. The Morgan fingerprint density at radius 3 is 2.47 bits per heavy atom. The van der Waals surface area contributed by atoms with Crippen LogP contribution >= 0.6 is 0 Å². The van der Waals surface area contributed by atoms with Crippen LogP contribution < -0.4 is 4.90 Å². The molecule has 7 heteroatoms. The van der Waals surface area contributed by atoms with E-state index in [1.54, 1.807) is 11.2 Å². The lowest BCUT2D eigenvalue weighted by molar-refractivity contribution is 0.0240. The van der Waals surface area contributed by atoms with Crippen molar-refractivity contribution in [1.82, 2.24) is 19.8 Å². The lowest BCUT2D eigenvalue weighted by atomic mass is 10.0. The molecule has 160 valence electrons. The van der Waals surface area contributed by atoms with E-state index in [4.69, 9.17) is 4.74 Å². The summed E-state index contributed by atoms with van der Waals surface area (Å²) in [6.45, 7) is 11.3. The van der Waals surface area contributed by atoms with Crippen molar-refractivity contribution in [2.24, 2.45) is 0 Å². The second-order valence-electron chi connectivity index (χ2n) is 9.02. The molecular formula is C23H31N5O2. The van der Waals surface area contributed by atoms with Crippen LogP contribution in [0.1, 0.15) is 37.6 Å². The fourth-order valence-corrected chi connectivity index (χ4v) is 4.07. The standard InChI is InChI=1S/C23H31N5O2/c1-23(2,3)30-22(29)28-13-11-27(12-14-28)21-19-9-10-26(16-20(19)24-17-25-21)15-18-7-5-4-6-8-18/h4-8,17H,9-16H2,1-3H3. The van der Waals surface area contributed by atoms with Gasteiger partial charge >= 0.3 is 6.09 Å². The van der Waals surface area contributed by atoms with Gasteiger partial charge in [0.2, 0.25) is 0 Å². The molecule has 0 unspecified atom stereocenters. The van der Waals surface area contributed by atoms with Crippen molar-refractivity contribution in [3.63, 3.8) is 0 Å². The Labute approximate surface area is 178 Å². The van der Waals surface area contributed by atoms with E-state index >= 15 is 0 Å². The maximum Gasteiger partial charge on any atom is 0.410 e. The minimum atomic E-state index is -0.467. The van der Waals surface area contributed by atoms with Crippen LogP contribution in [0.25, 0.3) is 0 Å². The maximum absolute atomic E-state index is 12.3. The molecule has 0 bridgehead atoms. The molecule has 0 spiro atoms. The number of nitrogens with zero attached hydrogens (tertiary/aromatic N) is 5. The zero-order chi connectivity index (χ0) is 21.1. The fraction of sp³-hybridized carbons (Fsp3) is 0.522. The van der Waals surface area contributed by atoms with Crippen LogP contribution in [0.3, 0.4) is 0 Å². The Balaban J connectivity index is 1.39. The lowest BCUT2D eigenvalue weighted by Crippen LogP contribution is -2.50. The van der Waals surface area contributed by atoms with Gasteiger partial charge < -0.3 is 14.5 Å². The van der Waals surface area contributed by atoms with Crippen LogP contribution in [0.2, 0.25) is 0 Å². The number of rotatable bonds is 3.